The van der Waals surface area contributed by atoms with Crippen molar-refractivity contribution in [2.24, 2.45) is 0 Å². The lowest BCUT2D eigenvalue weighted by Crippen LogP contribution is -2.45. The van der Waals surface area contributed by atoms with Crippen LogP contribution in [0, 0.1) is 0 Å². The van der Waals surface area contributed by atoms with Crippen molar-refractivity contribution in [3.05, 3.63) is 0 Å². The molecule has 1 aliphatic rings. The largest absolute Gasteiger partial charge is 0.394 e. The first kappa shape index (κ1) is 11.4. The van der Waals surface area contributed by atoms with Gasteiger partial charge in [-0.15, -0.1) is 0 Å². The van der Waals surface area contributed by atoms with Crippen LogP contribution in [0.3, 0.4) is 0 Å². The molecule has 0 aliphatic carbocycles. The predicted molar refractivity (Wildman–Crippen MR) is 51.9 cm³/mol. The minimum atomic E-state index is -0.203. The van der Waals surface area contributed by atoms with Crippen molar-refractivity contribution in [1.82, 2.24) is 10.2 Å². The van der Waals surface area contributed by atoms with Gasteiger partial charge in [0, 0.05) is 13.7 Å². The third kappa shape index (κ3) is 2.23. The highest BCUT2D eigenvalue weighted by Crippen LogP contribution is 2.14. The topological polar surface area (TPSA) is 61.8 Å². The van der Waals surface area contributed by atoms with E-state index in [1.807, 2.05) is 0 Å². The van der Waals surface area contributed by atoms with Gasteiger partial charge in [-0.1, -0.05) is 0 Å². The third-order valence-corrected chi connectivity index (χ3v) is 2.60. The Bertz CT molecular complexity index is 198. The van der Waals surface area contributed by atoms with E-state index in [4.69, 9.17) is 9.84 Å². The summed E-state index contributed by atoms with van der Waals surface area (Å²) in [6, 6.07) is -0.299. The van der Waals surface area contributed by atoms with E-state index in [-0.39, 0.29) is 24.6 Å². The SMILES string of the molecule is CNC1CCN(C(CO)COC)C1=O. The first-order valence-corrected chi connectivity index (χ1v) is 4.82. The lowest BCUT2D eigenvalue weighted by molar-refractivity contribution is -0.133. The molecule has 14 heavy (non-hydrogen) atoms. The summed E-state index contributed by atoms with van der Waals surface area (Å²) >= 11 is 0. The molecule has 1 saturated heterocycles. The number of carbonyl (C=O) groups is 1. The molecule has 0 radical (unpaired) electrons. The van der Waals surface area contributed by atoms with Gasteiger partial charge in [-0.25, -0.2) is 0 Å². The first-order valence-electron chi connectivity index (χ1n) is 4.82. The molecule has 0 aromatic heterocycles. The molecule has 1 amide bonds. The van der Waals surface area contributed by atoms with Crippen LogP contribution in [-0.4, -0.2) is 61.9 Å². The van der Waals surface area contributed by atoms with E-state index >= 15 is 0 Å². The van der Waals surface area contributed by atoms with Crippen LogP contribution in [0.5, 0.6) is 0 Å². The summed E-state index contributed by atoms with van der Waals surface area (Å²) in [6.45, 7) is 1.04. The number of carbonyl (C=O) groups excluding carboxylic acids is 1. The van der Waals surface area contributed by atoms with E-state index < -0.39 is 0 Å². The van der Waals surface area contributed by atoms with Gasteiger partial charge >= 0.3 is 0 Å². The van der Waals surface area contributed by atoms with Gasteiger partial charge in [0.05, 0.1) is 25.3 Å². The second kappa shape index (κ2) is 5.29. The van der Waals surface area contributed by atoms with Crippen molar-refractivity contribution in [3.8, 4) is 0 Å². The number of amides is 1. The van der Waals surface area contributed by atoms with Gasteiger partial charge in [-0.05, 0) is 13.5 Å². The fraction of sp³-hybridized carbons (Fsp3) is 0.889. The number of rotatable bonds is 5. The number of nitrogens with one attached hydrogen (secondary N) is 1. The van der Waals surface area contributed by atoms with Crippen LogP contribution < -0.4 is 5.32 Å². The molecule has 0 aromatic rings. The molecule has 0 bridgehead atoms. The number of hydrogen-bond donors (Lipinski definition) is 2. The Hall–Kier alpha value is -0.650. The Labute approximate surface area is 84.0 Å². The summed E-state index contributed by atoms with van der Waals surface area (Å²) < 4.78 is 4.95. The second-order valence-corrected chi connectivity index (χ2v) is 3.45. The van der Waals surface area contributed by atoms with Crippen molar-refractivity contribution in [3.63, 3.8) is 0 Å². The van der Waals surface area contributed by atoms with Crippen LogP contribution in [-0.2, 0) is 9.53 Å². The number of likely N-dealkylation sites (tertiary alicyclic amines) is 1. The predicted octanol–water partition coefficient (Wildman–Crippen LogP) is -1.19. The van der Waals surface area contributed by atoms with E-state index in [2.05, 4.69) is 5.32 Å². The number of likely N-dealkylation sites (N-methyl/N-ethyl adjacent to an activating group) is 1. The molecule has 1 rings (SSSR count). The Morgan fingerprint density at radius 2 is 2.50 bits per heavy atom. The van der Waals surface area contributed by atoms with Gasteiger partial charge in [0.1, 0.15) is 0 Å². The van der Waals surface area contributed by atoms with Gasteiger partial charge in [-0.2, -0.15) is 0 Å². The Kier molecular flexibility index (Phi) is 4.31. The zero-order valence-electron chi connectivity index (χ0n) is 8.69. The molecule has 5 nitrogen and oxygen atoms in total. The van der Waals surface area contributed by atoms with E-state index in [1.54, 1.807) is 19.1 Å². The molecule has 1 aliphatic heterocycles. The molecular formula is C9H18N2O3. The van der Waals surface area contributed by atoms with E-state index in [1.165, 1.54) is 0 Å². The molecule has 2 unspecified atom stereocenters. The number of nitrogens with zero attached hydrogens (tertiary/aromatic N) is 1. The monoisotopic (exact) mass is 202 g/mol. The Morgan fingerprint density at radius 1 is 1.79 bits per heavy atom. The minimum absolute atomic E-state index is 0.0456. The van der Waals surface area contributed by atoms with Gasteiger partial charge < -0.3 is 20.1 Å². The van der Waals surface area contributed by atoms with Crippen LogP contribution in [0.25, 0.3) is 0 Å². The zero-order chi connectivity index (χ0) is 10.6. The smallest absolute Gasteiger partial charge is 0.240 e. The molecule has 2 atom stereocenters. The van der Waals surface area contributed by atoms with Crippen molar-refractivity contribution >= 4 is 5.91 Å². The lowest BCUT2D eigenvalue weighted by Gasteiger charge is -2.25. The summed E-state index contributed by atoms with van der Waals surface area (Å²) in [7, 11) is 3.34. The second-order valence-electron chi connectivity index (χ2n) is 3.45. The van der Waals surface area contributed by atoms with Crippen molar-refractivity contribution < 1.29 is 14.6 Å². The highest BCUT2D eigenvalue weighted by molar-refractivity contribution is 5.84. The van der Waals surface area contributed by atoms with E-state index in [0.29, 0.717) is 13.2 Å². The maximum absolute atomic E-state index is 11.7. The fourth-order valence-corrected chi connectivity index (χ4v) is 1.77. The standard InChI is InChI=1S/C9H18N2O3/c1-10-8-3-4-11(9(8)13)7(5-12)6-14-2/h7-8,10,12H,3-6H2,1-2H3. The maximum atomic E-state index is 11.7. The van der Waals surface area contributed by atoms with E-state index in [9.17, 15) is 4.79 Å². The highest BCUT2D eigenvalue weighted by Gasteiger charge is 2.34. The van der Waals surface area contributed by atoms with Crippen molar-refractivity contribution in [2.45, 2.75) is 18.5 Å². The normalized spacial score (nSPS) is 24.4. The molecule has 0 saturated carbocycles. The first-order chi connectivity index (χ1) is 6.74. The van der Waals surface area contributed by atoms with Crippen LogP contribution >= 0.6 is 0 Å². The molecule has 2 N–H and O–H groups in total. The number of hydrogen-bond acceptors (Lipinski definition) is 4. The summed E-state index contributed by atoms with van der Waals surface area (Å²) in [6.07, 6.45) is 0.801. The Balaban J connectivity index is 2.55. The third-order valence-electron chi connectivity index (χ3n) is 2.60. The van der Waals surface area contributed by atoms with Crippen LogP contribution in [0.1, 0.15) is 6.42 Å². The van der Waals surface area contributed by atoms with Gasteiger partial charge in [0.2, 0.25) is 5.91 Å². The fourth-order valence-electron chi connectivity index (χ4n) is 1.77. The number of methoxy groups -OCH3 is 1. The highest BCUT2D eigenvalue weighted by atomic mass is 16.5. The van der Waals surface area contributed by atoms with Gasteiger partial charge in [0.15, 0.2) is 0 Å². The minimum Gasteiger partial charge on any atom is -0.394 e. The summed E-state index contributed by atoms with van der Waals surface area (Å²) in [5, 5.41) is 12.1. The van der Waals surface area contributed by atoms with Gasteiger partial charge in [0.25, 0.3) is 0 Å². The quantitative estimate of drug-likeness (QED) is 0.589. The average Bonchev–Trinajstić information content (AvgIpc) is 2.56. The van der Waals surface area contributed by atoms with Gasteiger partial charge in [-0.3, -0.25) is 4.79 Å². The molecule has 1 heterocycles. The van der Waals surface area contributed by atoms with Crippen molar-refractivity contribution in [2.75, 3.05) is 33.9 Å². The maximum Gasteiger partial charge on any atom is 0.240 e. The lowest BCUT2D eigenvalue weighted by atomic mass is 10.2. The number of aliphatic hydroxyl groups is 1. The molecule has 82 valence electrons. The van der Waals surface area contributed by atoms with E-state index in [0.717, 1.165) is 6.42 Å². The zero-order valence-corrected chi connectivity index (χ0v) is 8.69. The molecule has 0 aromatic carbocycles. The molecule has 5 heteroatoms. The Morgan fingerprint density at radius 3 is 2.93 bits per heavy atom. The number of ether oxygens (including phenoxy) is 1. The molecule has 1 fully saturated rings. The average molecular weight is 202 g/mol. The van der Waals surface area contributed by atoms with Crippen LogP contribution in [0.15, 0.2) is 0 Å². The van der Waals surface area contributed by atoms with Crippen molar-refractivity contribution in [1.29, 1.82) is 0 Å². The summed E-state index contributed by atoms with van der Waals surface area (Å²) in [5.74, 6) is 0.0589. The molecular weight excluding hydrogens is 184 g/mol. The molecule has 0 spiro atoms. The summed E-state index contributed by atoms with van der Waals surface area (Å²) in [5.41, 5.74) is 0. The van der Waals surface area contributed by atoms with Crippen LogP contribution in [0.2, 0.25) is 0 Å². The summed E-state index contributed by atoms with van der Waals surface area (Å²) in [4.78, 5) is 13.4. The van der Waals surface area contributed by atoms with Crippen LogP contribution in [0.4, 0.5) is 0 Å². The number of aliphatic hydroxyl groups excluding tert-OH is 1.